The van der Waals surface area contributed by atoms with Gasteiger partial charge in [-0.15, -0.1) is 0 Å². The van der Waals surface area contributed by atoms with Crippen molar-refractivity contribution in [2.45, 2.75) is 18.9 Å². The lowest BCUT2D eigenvalue weighted by Gasteiger charge is -2.33. The Balaban J connectivity index is 1.66. The van der Waals surface area contributed by atoms with Crippen LogP contribution in [-0.2, 0) is 4.74 Å². The summed E-state index contributed by atoms with van der Waals surface area (Å²) >= 11 is 11.8. The summed E-state index contributed by atoms with van der Waals surface area (Å²) in [5.74, 6) is -0.219. The Bertz CT molecular complexity index is 750. The molecule has 1 N–H and O–H groups in total. The van der Waals surface area contributed by atoms with E-state index in [2.05, 4.69) is 10.2 Å². The Kier molecular flexibility index (Phi) is 5.84. The highest BCUT2D eigenvalue weighted by molar-refractivity contribution is 6.42. The highest BCUT2D eigenvalue weighted by atomic mass is 35.5. The highest BCUT2D eigenvalue weighted by Gasteiger charge is 2.19. The first kappa shape index (κ1) is 18.1. The molecule has 6 heteroatoms. The number of carbonyl (C=O) groups excluding carboxylic acids is 1. The predicted molar refractivity (Wildman–Crippen MR) is 103 cm³/mol. The molecule has 1 atom stereocenters. The van der Waals surface area contributed by atoms with Gasteiger partial charge in [0.2, 0.25) is 0 Å². The third-order valence-electron chi connectivity index (χ3n) is 4.38. The van der Waals surface area contributed by atoms with Crippen LogP contribution in [0.4, 0.5) is 11.4 Å². The van der Waals surface area contributed by atoms with Crippen molar-refractivity contribution in [2.75, 3.05) is 30.4 Å². The van der Waals surface area contributed by atoms with Gasteiger partial charge in [-0.1, -0.05) is 23.2 Å². The van der Waals surface area contributed by atoms with Crippen molar-refractivity contribution in [2.24, 2.45) is 0 Å². The standard InChI is InChI=1S/C19H20Cl2N2O2/c1-25-16-3-2-10-23(12-16)15-7-5-14(6-8-15)22-19(24)13-4-9-17(20)18(21)11-13/h4-9,11,16H,2-3,10,12H2,1H3,(H,22,24)/t16-/m0/s1. The molecule has 1 aliphatic rings. The van der Waals surface area contributed by atoms with Crippen LogP contribution in [0.1, 0.15) is 23.2 Å². The third-order valence-corrected chi connectivity index (χ3v) is 5.12. The number of hydrogen-bond donors (Lipinski definition) is 1. The Morgan fingerprint density at radius 3 is 2.60 bits per heavy atom. The molecule has 1 heterocycles. The first-order chi connectivity index (χ1) is 12.1. The SMILES string of the molecule is CO[C@H]1CCCN(c2ccc(NC(=O)c3ccc(Cl)c(Cl)c3)cc2)C1. The Morgan fingerprint density at radius 1 is 1.16 bits per heavy atom. The van der Waals surface area contributed by atoms with Crippen molar-refractivity contribution < 1.29 is 9.53 Å². The first-order valence-corrected chi connectivity index (χ1v) is 8.96. The second-order valence-corrected chi connectivity index (χ2v) is 6.89. The van der Waals surface area contributed by atoms with E-state index in [9.17, 15) is 4.79 Å². The second kappa shape index (κ2) is 8.09. The Morgan fingerprint density at radius 2 is 1.92 bits per heavy atom. The van der Waals surface area contributed by atoms with Gasteiger partial charge in [-0.3, -0.25) is 4.79 Å². The van der Waals surface area contributed by atoms with Gasteiger partial charge in [0.15, 0.2) is 0 Å². The summed E-state index contributed by atoms with van der Waals surface area (Å²) in [6.07, 6.45) is 2.50. The summed E-state index contributed by atoms with van der Waals surface area (Å²) in [6.45, 7) is 1.92. The van der Waals surface area contributed by atoms with Gasteiger partial charge in [0.25, 0.3) is 5.91 Å². The van der Waals surface area contributed by atoms with Crippen LogP contribution in [0.25, 0.3) is 0 Å². The van der Waals surface area contributed by atoms with Crippen LogP contribution in [0.2, 0.25) is 10.0 Å². The van der Waals surface area contributed by atoms with E-state index in [1.54, 1.807) is 25.3 Å². The number of benzene rings is 2. The molecule has 4 nitrogen and oxygen atoms in total. The molecule has 0 spiro atoms. The highest BCUT2D eigenvalue weighted by Crippen LogP contribution is 2.25. The number of ether oxygens (including phenoxy) is 1. The Labute approximate surface area is 157 Å². The number of rotatable bonds is 4. The maximum absolute atomic E-state index is 12.3. The summed E-state index contributed by atoms with van der Waals surface area (Å²) in [4.78, 5) is 14.6. The molecular formula is C19H20Cl2N2O2. The number of amides is 1. The molecule has 132 valence electrons. The molecular weight excluding hydrogens is 359 g/mol. The summed E-state index contributed by atoms with van der Waals surface area (Å²) in [6, 6.07) is 12.7. The molecule has 1 aliphatic heterocycles. The maximum Gasteiger partial charge on any atom is 0.255 e. The quantitative estimate of drug-likeness (QED) is 0.825. The normalized spacial score (nSPS) is 17.4. The first-order valence-electron chi connectivity index (χ1n) is 8.21. The molecule has 25 heavy (non-hydrogen) atoms. The number of hydrogen-bond acceptors (Lipinski definition) is 3. The fraction of sp³-hybridized carbons (Fsp3) is 0.316. The zero-order chi connectivity index (χ0) is 17.8. The van der Waals surface area contributed by atoms with E-state index in [1.807, 2.05) is 24.3 Å². The van der Waals surface area contributed by atoms with Gasteiger partial charge in [0.05, 0.1) is 16.1 Å². The van der Waals surface area contributed by atoms with E-state index >= 15 is 0 Å². The minimum Gasteiger partial charge on any atom is -0.380 e. The molecule has 1 saturated heterocycles. The van der Waals surface area contributed by atoms with Crippen LogP contribution in [0.5, 0.6) is 0 Å². The van der Waals surface area contributed by atoms with E-state index in [0.29, 0.717) is 15.6 Å². The number of carbonyl (C=O) groups is 1. The van der Waals surface area contributed by atoms with E-state index in [1.165, 1.54) is 0 Å². The van der Waals surface area contributed by atoms with Gasteiger partial charge in [0, 0.05) is 37.1 Å². The number of halogens is 2. The monoisotopic (exact) mass is 378 g/mol. The summed E-state index contributed by atoms with van der Waals surface area (Å²) in [5, 5.41) is 3.66. The zero-order valence-electron chi connectivity index (χ0n) is 14.0. The minimum atomic E-state index is -0.219. The fourth-order valence-electron chi connectivity index (χ4n) is 2.96. The van der Waals surface area contributed by atoms with Gasteiger partial charge in [-0.05, 0) is 55.3 Å². The number of methoxy groups -OCH3 is 1. The average molecular weight is 379 g/mol. The summed E-state index contributed by atoms with van der Waals surface area (Å²) < 4.78 is 5.47. The van der Waals surface area contributed by atoms with Gasteiger partial charge in [0.1, 0.15) is 0 Å². The molecule has 0 aromatic heterocycles. The molecule has 0 bridgehead atoms. The lowest BCUT2D eigenvalue weighted by atomic mass is 10.1. The van der Waals surface area contributed by atoms with Gasteiger partial charge >= 0.3 is 0 Å². The van der Waals surface area contributed by atoms with Crippen LogP contribution in [-0.4, -0.2) is 32.2 Å². The van der Waals surface area contributed by atoms with E-state index in [0.717, 1.165) is 37.3 Å². The zero-order valence-corrected chi connectivity index (χ0v) is 15.5. The lowest BCUT2D eigenvalue weighted by molar-refractivity contribution is 0.0893. The summed E-state index contributed by atoms with van der Waals surface area (Å²) in [5.41, 5.74) is 2.34. The molecule has 1 fully saturated rings. The molecule has 0 aliphatic carbocycles. The van der Waals surface area contributed by atoms with Gasteiger partial charge in [-0.25, -0.2) is 0 Å². The molecule has 0 unspecified atom stereocenters. The minimum absolute atomic E-state index is 0.219. The number of piperidine rings is 1. The topological polar surface area (TPSA) is 41.6 Å². The molecule has 2 aromatic rings. The average Bonchev–Trinajstić information content (AvgIpc) is 2.64. The molecule has 0 saturated carbocycles. The largest absolute Gasteiger partial charge is 0.380 e. The fourth-order valence-corrected chi connectivity index (χ4v) is 3.26. The van der Waals surface area contributed by atoms with Crippen LogP contribution in [0.15, 0.2) is 42.5 Å². The second-order valence-electron chi connectivity index (χ2n) is 6.08. The number of nitrogens with zero attached hydrogens (tertiary/aromatic N) is 1. The third kappa shape index (κ3) is 4.46. The molecule has 0 radical (unpaired) electrons. The molecule has 3 rings (SSSR count). The van der Waals surface area contributed by atoms with E-state index in [4.69, 9.17) is 27.9 Å². The van der Waals surface area contributed by atoms with Crippen molar-refractivity contribution in [1.29, 1.82) is 0 Å². The smallest absolute Gasteiger partial charge is 0.255 e. The van der Waals surface area contributed by atoms with Crippen molar-refractivity contribution in [3.8, 4) is 0 Å². The lowest BCUT2D eigenvalue weighted by Crippen LogP contribution is -2.39. The summed E-state index contributed by atoms with van der Waals surface area (Å²) in [7, 11) is 1.76. The van der Waals surface area contributed by atoms with Crippen molar-refractivity contribution >= 4 is 40.5 Å². The van der Waals surface area contributed by atoms with Crippen molar-refractivity contribution in [3.05, 3.63) is 58.1 Å². The van der Waals surface area contributed by atoms with E-state index < -0.39 is 0 Å². The van der Waals surface area contributed by atoms with Crippen molar-refractivity contribution in [3.63, 3.8) is 0 Å². The van der Waals surface area contributed by atoms with Gasteiger partial charge < -0.3 is 15.0 Å². The van der Waals surface area contributed by atoms with E-state index in [-0.39, 0.29) is 12.0 Å². The van der Waals surface area contributed by atoms with Crippen LogP contribution in [0.3, 0.4) is 0 Å². The van der Waals surface area contributed by atoms with Gasteiger partial charge in [-0.2, -0.15) is 0 Å². The predicted octanol–water partition coefficient (Wildman–Crippen LogP) is 4.86. The number of anilines is 2. The maximum atomic E-state index is 12.3. The molecule has 2 aromatic carbocycles. The van der Waals surface area contributed by atoms with Crippen molar-refractivity contribution in [1.82, 2.24) is 0 Å². The Hall–Kier alpha value is -1.75. The van der Waals surface area contributed by atoms with Crippen LogP contribution < -0.4 is 10.2 Å². The molecule has 1 amide bonds. The van der Waals surface area contributed by atoms with Crippen LogP contribution >= 0.6 is 23.2 Å². The van der Waals surface area contributed by atoms with Crippen LogP contribution in [0, 0.1) is 0 Å². The number of nitrogens with one attached hydrogen (secondary N) is 1.